The lowest BCUT2D eigenvalue weighted by molar-refractivity contribution is 0.183. The van der Waals surface area contributed by atoms with Crippen LogP contribution in [0.25, 0.3) is 4.96 Å². The molecule has 0 amide bonds. The summed E-state index contributed by atoms with van der Waals surface area (Å²) in [5, 5.41) is 15.3. The lowest BCUT2D eigenvalue weighted by atomic mass is 9.98. The van der Waals surface area contributed by atoms with Gasteiger partial charge in [0.05, 0.1) is 32.2 Å². The van der Waals surface area contributed by atoms with Gasteiger partial charge in [0.15, 0.2) is 11.5 Å². The molecule has 0 saturated carbocycles. The Hall–Kier alpha value is -2.52. The molecule has 1 fully saturated rings. The van der Waals surface area contributed by atoms with Crippen LogP contribution in [0.4, 0.5) is 0 Å². The van der Waals surface area contributed by atoms with E-state index in [1.807, 2.05) is 19.1 Å². The van der Waals surface area contributed by atoms with Gasteiger partial charge in [0.1, 0.15) is 5.82 Å². The maximum Gasteiger partial charge on any atom is 0.230 e. The Morgan fingerprint density at radius 3 is 2.38 bits per heavy atom. The Bertz CT molecular complexity index is 1010. The zero-order valence-corrected chi connectivity index (χ0v) is 18.0. The second-order valence-electron chi connectivity index (χ2n) is 7.07. The first-order valence-electron chi connectivity index (χ1n) is 9.67. The number of fused-ring (bicyclic) bond motifs is 1. The Morgan fingerprint density at radius 2 is 1.76 bits per heavy atom. The molecule has 3 heterocycles. The second-order valence-corrected chi connectivity index (χ2v) is 8.08. The number of methoxy groups -OCH3 is 3. The first kappa shape index (κ1) is 19.8. The smallest absolute Gasteiger partial charge is 0.230 e. The summed E-state index contributed by atoms with van der Waals surface area (Å²) >= 11 is 1.45. The summed E-state index contributed by atoms with van der Waals surface area (Å²) < 4.78 is 18.3. The van der Waals surface area contributed by atoms with Gasteiger partial charge in [-0.1, -0.05) is 17.8 Å². The highest BCUT2D eigenvalue weighted by molar-refractivity contribution is 7.17. The van der Waals surface area contributed by atoms with Crippen LogP contribution in [-0.4, -0.2) is 59.0 Å². The van der Waals surface area contributed by atoms with Gasteiger partial charge < -0.3 is 19.3 Å². The molecule has 0 bridgehead atoms. The van der Waals surface area contributed by atoms with Gasteiger partial charge >= 0.3 is 0 Å². The molecular weight excluding hydrogens is 392 g/mol. The number of nitrogens with zero attached hydrogens (tertiary/aromatic N) is 4. The van der Waals surface area contributed by atoms with E-state index < -0.39 is 0 Å². The van der Waals surface area contributed by atoms with Gasteiger partial charge in [0.25, 0.3) is 0 Å². The summed E-state index contributed by atoms with van der Waals surface area (Å²) in [5.74, 6) is 2.52. The third kappa shape index (κ3) is 3.38. The number of likely N-dealkylation sites (tertiary alicyclic amines) is 1. The molecule has 0 aliphatic carbocycles. The Morgan fingerprint density at radius 1 is 1.03 bits per heavy atom. The SMILES string of the molecule is COc1ccc(C(c2sc3nc(C)nn3c2O)N2CCCCC2)c(OC)c1OC. The summed E-state index contributed by atoms with van der Waals surface area (Å²) in [5.41, 5.74) is 0.920. The van der Waals surface area contributed by atoms with Crippen molar-refractivity contribution in [3.05, 3.63) is 28.4 Å². The zero-order valence-electron chi connectivity index (χ0n) is 17.1. The fraction of sp³-hybridized carbons (Fsp3) is 0.500. The molecule has 2 aromatic heterocycles. The standard InChI is InChI=1S/C20H26N4O4S/c1-12-21-20-24(22-12)19(25)18(29-20)15(23-10-6-5-7-11-23)13-8-9-14(26-2)17(28-4)16(13)27-3/h8-9,15,25H,5-7,10-11H2,1-4H3. The molecule has 1 saturated heterocycles. The summed E-state index contributed by atoms with van der Waals surface area (Å²) in [7, 11) is 4.83. The van der Waals surface area contributed by atoms with Crippen molar-refractivity contribution in [2.75, 3.05) is 34.4 Å². The van der Waals surface area contributed by atoms with Crippen molar-refractivity contribution in [1.29, 1.82) is 0 Å². The first-order valence-corrected chi connectivity index (χ1v) is 10.5. The number of hydrogen-bond acceptors (Lipinski definition) is 8. The van der Waals surface area contributed by atoms with Gasteiger partial charge in [-0.25, -0.2) is 4.98 Å². The molecule has 0 spiro atoms. The van der Waals surface area contributed by atoms with E-state index in [1.165, 1.54) is 22.3 Å². The fourth-order valence-electron chi connectivity index (χ4n) is 4.05. The van der Waals surface area contributed by atoms with Crippen LogP contribution in [0.2, 0.25) is 0 Å². The van der Waals surface area contributed by atoms with Crippen LogP contribution in [-0.2, 0) is 0 Å². The number of benzene rings is 1. The van der Waals surface area contributed by atoms with Crippen LogP contribution in [0.3, 0.4) is 0 Å². The molecule has 0 radical (unpaired) electrons. The summed E-state index contributed by atoms with van der Waals surface area (Å²) in [6.45, 7) is 3.70. The van der Waals surface area contributed by atoms with E-state index in [4.69, 9.17) is 14.2 Å². The van der Waals surface area contributed by atoms with Crippen molar-refractivity contribution in [2.24, 2.45) is 0 Å². The molecule has 8 nitrogen and oxygen atoms in total. The largest absolute Gasteiger partial charge is 0.493 e. The molecule has 1 aliphatic rings. The van der Waals surface area contributed by atoms with Gasteiger partial charge in [-0.2, -0.15) is 4.52 Å². The summed E-state index contributed by atoms with van der Waals surface area (Å²) in [6, 6.07) is 3.67. The van der Waals surface area contributed by atoms with E-state index in [1.54, 1.807) is 21.3 Å². The number of ether oxygens (including phenoxy) is 3. The van der Waals surface area contributed by atoms with Crippen molar-refractivity contribution in [2.45, 2.75) is 32.2 Å². The summed E-state index contributed by atoms with van der Waals surface area (Å²) in [4.78, 5) is 8.29. The molecule has 1 atom stereocenters. The molecule has 156 valence electrons. The predicted molar refractivity (Wildman–Crippen MR) is 111 cm³/mol. The minimum absolute atomic E-state index is 0.123. The third-order valence-corrected chi connectivity index (χ3v) is 6.41. The Kier molecular flexibility index (Phi) is 5.51. The molecule has 1 aliphatic heterocycles. The van der Waals surface area contributed by atoms with E-state index in [9.17, 15) is 5.11 Å². The van der Waals surface area contributed by atoms with Crippen LogP contribution in [0.15, 0.2) is 12.1 Å². The Labute approximate surface area is 173 Å². The van der Waals surface area contributed by atoms with Crippen molar-refractivity contribution in [3.8, 4) is 23.1 Å². The third-order valence-electron chi connectivity index (χ3n) is 5.34. The number of aromatic nitrogens is 3. The highest BCUT2D eigenvalue weighted by Gasteiger charge is 2.34. The van der Waals surface area contributed by atoms with Gasteiger partial charge in [0.2, 0.25) is 16.6 Å². The Balaban J connectivity index is 1.91. The maximum absolute atomic E-state index is 11.0. The van der Waals surface area contributed by atoms with Crippen molar-refractivity contribution >= 4 is 16.3 Å². The number of hydrogen-bond donors (Lipinski definition) is 1. The minimum Gasteiger partial charge on any atom is -0.493 e. The first-order chi connectivity index (χ1) is 14.1. The average Bonchev–Trinajstić information content (AvgIpc) is 3.25. The molecule has 1 unspecified atom stereocenters. The van der Waals surface area contributed by atoms with Crippen molar-refractivity contribution < 1.29 is 19.3 Å². The summed E-state index contributed by atoms with van der Waals surface area (Å²) in [6.07, 6.45) is 3.45. The number of aromatic hydroxyl groups is 1. The van der Waals surface area contributed by atoms with Crippen LogP contribution < -0.4 is 14.2 Å². The molecular formula is C20H26N4O4S. The molecule has 3 aromatic rings. The zero-order chi connectivity index (χ0) is 20.5. The van der Waals surface area contributed by atoms with Gasteiger partial charge in [-0.05, 0) is 45.0 Å². The minimum atomic E-state index is -0.195. The van der Waals surface area contributed by atoms with Crippen LogP contribution in [0.5, 0.6) is 23.1 Å². The van der Waals surface area contributed by atoms with Gasteiger partial charge in [0, 0.05) is 5.56 Å². The van der Waals surface area contributed by atoms with Crippen LogP contribution in [0, 0.1) is 6.92 Å². The van der Waals surface area contributed by atoms with E-state index in [2.05, 4.69) is 15.0 Å². The normalized spacial score (nSPS) is 16.1. The molecule has 9 heteroatoms. The topological polar surface area (TPSA) is 81.4 Å². The predicted octanol–water partition coefficient (Wildman–Crippen LogP) is 3.41. The van der Waals surface area contributed by atoms with Gasteiger partial charge in [-0.3, -0.25) is 4.90 Å². The molecule has 29 heavy (non-hydrogen) atoms. The monoisotopic (exact) mass is 418 g/mol. The van der Waals surface area contributed by atoms with Crippen LogP contribution >= 0.6 is 11.3 Å². The van der Waals surface area contributed by atoms with Crippen molar-refractivity contribution in [3.63, 3.8) is 0 Å². The lowest BCUT2D eigenvalue weighted by Gasteiger charge is -2.35. The van der Waals surface area contributed by atoms with E-state index >= 15 is 0 Å². The highest BCUT2D eigenvalue weighted by atomic mass is 32.1. The molecule has 1 aromatic carbocycles. The lowest BCUT2D eigenvalue weighted by Crippen LogP contribution is -2.34. The highest BCUT2D eigenvalue weighted by Crippen LogP contribution is 2.48. The fourth-order valence-corrected chi connectivity index (χ4v) is 5.20. The number of thiazole rings is 1. The number of piperidine rings is 1. The van der Waals surface area contributed by atoms with Crippen molar-refractivity contribution in [1.82, 2.24) is 19.5 Å². The number of aryl methyl sites for hydroxylation is 1. The number of rotatable bonds is 6. The van der Waals surface area contributed by atoms with E-state index in [0.29, 0.717) is 28.0 Å². The van der Waals surface area contributed by atoms with Gasteiger partial charge in [-0.15, -0.1) is 5.10 Å². The van der Waals surface area contributed by atoms with Crippen LogP contribution in [0.1, 0.15) is 41.6 Å². The molecule has 4 rings (SSSR count). The van der Waals surface area contributed by atoms with E-state index in [0.717, 1.165) is 36.4 Å². The van der Waals surface area contributed by atoms with E-state index in [-0.39, 0.29) is 11.9 Å². The quantitative estimate of drug-likeness (QED) is 0.657. The maximum atomic E-state index is 11.0. The average molecular weight is 419 g/mol. The second kappa shape index (κ2) is 8.08. The molecule has 1 N–H and O–H groups in total.